The minimum atomic E-state index is -0.360. The van der Waals surface area contributed by atoms with Crippen LogP contribution in [0.15, 0.2) is 67.3 Å². The number of piperidine rings is 1. The number of aromatic nitrogens is 6. The Bertz CT molecular complexity index is 1990. The number of fused-ring (bicyclic) bond motifs is 2. The molecule has 2 fully saturated rings. The molecule has 5 aromatic heterocycles. The average Bonchev–Trinajstić information content (AvgIpc) is 3.85. The van der Waals surface area contributed by atoms with Crippen LogP contribution in [-0.2, 0) is 0 Å². The summed E-state index contributed by atoms with van der Waals surface area (Å²) in [6.45, 7) is 5.47. The van der Waals surface area contributed by atoms with Crippen LogP contribution < -0.4 is 14.8 Å². The highest BCUT2D eigenvalue weighted by Gasteiger charge is 2.18. The van der Waals surface area contributed by atoms with Crippen LogP contribution in [-0.4, -0.2) is 80.5 Å². The third-order valence-corrected chi connectivity index (χ3v) is 8.87. The Balaban J connectivity index is 1.08. The largest absolute Gasteiger partial charge is 0.492 e. The molecule has 10 nitrogen and oxygen atoms in total. The molecule has 8 rings (SSSR count). The molecule has 0 saturated carbocycles. The fourth-order valence-corrected chi connectivity index (χ4v) is 6.50. The number of halogens is 1. The SMILES string of the molecule is Fc1cc(OCCN2CCCC2)cc(-c2nccc3[nH]c(-c4n[nH]c5cnc(-c6cncc(OC7CCNCC7)c6)cc45)cc23)c1. The number of nitrogens with one attached hydrogen (secondary N) is 3. The summed E-state index contributed by atoms with van der Waals surface area (Å²) in [5.41, 5.74) is 6.22. The zero-order valence-electron chi connectivity index (χ0n) is 25.4. The Labute approximate surface area is 265 Å². The molecule has 234 valence electrons. The van der Waals surface area contributed by atoms with Gasteiger partial charge in [-0.15, -0.1) is 0 Å². The molecule has 0 atom stereocenters. The second-order valence-electron chi connectivity index (χ2n) is 12.0. The van der Waals surface area contributed by atoms with Gasteiger partial charge < -0.3 is 19.8 Å². The first kappa shape index (κ1) is 28.6. The maximum Gasteiger partial charge on any atom is 0.138 e. The summed E-state index contributed by atoms with van der Waals surface area (Å²) in [7, 11) is 0. The molecule has 2 aliphatic heterocycles. The van der Waals surface area contributed by atoms with Gasteiger partial charge in [-0.2, -0.15) is 5.10 Å². The molecule has 7 heterocycles. The van der Waals surface area contributed by atoms with Crippen molar-refractivity contribution in [2.45, 2.75) is 31.8 Å². The van der Waals surface area contributed by atoms with Crippen LogP contribution >= 0.6 is 0 Å². The van der Waals surface area contributed by atoms with Crippen LogP contribution in [0.5, 0.6) is 11.5 Å². The summed E-state index contributed by atoms with van der Waals surface area (Å²) in [5, 5.41) is 12.9. The zero-order chi connectivity index (χ0) is 30.9. The van der Waals surface area contributed by atoms with E-state index in [0.29, 0.717) is 23.6 Å². The lowest BCUT2D eigenvalue weighted by Gasteiger charge is -2.23. The number of likely N-dealkylation sites (tertiary alicyclic amines) is 1. The van der Waals surface area contributed by atoms with Crippen LogP contribution in [0.3, 0.4) is 0 Å². The highest BCUT2D eigenvalue weighted by molar-refractivity contribution is 6.00. The summed E-state index contributed by atoms with van der Waals surface area (Å²) in [6.07, 6.45) is 11.7. The maximum absolute atomic E-state index is 14.8. The second kappa shape index (κ2) is 12.5. The van der Waals surface area contributed by atoms with Gasteiger partial charge in [0.05, 0.1) is 35.0 Å². The average molecular weight is 619 g/mol. The Morgan fingerprint density at radius 3 is 2.59 bits per heavy atom. The van der Waals surface area contributed by atoms with Crippen molar-refractivity contribution in [3.05, 3.63) is 73.1 Å². The predicted octanol–water partition coefficient (Wildman–Crippen LogP) is 5.97. The van der Waals surface area contributed by atoms with Crippen molar-refractivity contribution in [3.8, 4) is 45.4 Å². The van der Waals surface area contributed by atoms with Crippen molar-refractivity contribution in [2.24, 2.45) is 0 Å². The highest BCUT2D eigenvalue weighted by atomic mass is 19.1. The molecule has 1 aromatic carbocycles. The molecule has 0 bridgehead atoms. The first-order valence-electron chi connectivity index (χ1n) is 16.0. The van der Waals surface area contributed by atoms with Gasteiger partial charge >= 0.3 is 0 Å². The number of benzene rings is 1. The highest BCUT2D eigenvalue weighted by Crippen LogP contribution is 2.35. The van der Waals surface area contributed by atoms with E-state index >= 15 is 0 Å². The number of aromatic amines is 2. The molecule has 46 heavy (non-hydrogen) atoms. The van der Waals surface area contributed by atoms with Crippen LogP contribution in [0.4, 0.5) is 4.39 Å². The first-order chi connectivity index (χ1) is 22.7. The van der Waals surface area contributed by atoms with E-state index < -0.39 is 0 Å². The molecular weight excluding hydrogens is 583 g/mol. The Morgan fingerprint density at radius 2 is 1.70 bits per heavy atom. The van der Waals surface area contributed by atoms with Crippen molar-refractivity contribution in [3.63, 3.8) is 0 Å². The van der Waals surface area contributed by atoms with Crippen molar-refractivity contribution >= 4 is 21.8 Å². The number of pyridine rings is 3. The summed E-state index contributed by atoms with van der Waals surface area (Å²) in [5.74, 6) is 0.884. The monoisotopic (exact) mass is 618 g/mol. The predicted molar refractivity (Wildman–Crippen MR) is 175 cm³/mol. The van der Waals surface area contributed by atoms with E-state index in [-0.39, 0.29) is 11.9 Å². The van der Waals surface area contributed by atoms with Gasteiger partial charge in [-0.1, -0.05) is 0 Å². The molecule has 3 N–H and O–H groups in total. The van der Waals surface area contributed by atoms with Crippen LogP contribution in [0, 0.1) is 5.82 Å². The van der Waals surface area contributed by atoms with Crippen molar-refractivity contribution in [1.29, 1.82) is 0 Å². The lowest BCUT2D eigenvalue weighted by molar-refractivity contribution is 0.162. The number of hydrogen-bond acceptors (Lipinski definition) is 8. The summed E-state index contributed by atoms with van der Waals surface area (Å²) >= 11 is 0. The maximum atomic E-state index is 14.8. The molecule has 6 aromatic rings. The van der Waals surface area contributed by atoms with Crippen molar-refractivity contribution in [1.82, 2.24) is 40.3 Å². The quantitative estimate of drug-likeness (QED) is 0.181. The van der Waals surface area contributed by atoms with E-state index in [4.69, 9.17) is 9.47 Å². The van der Waals surface area contributed by atoms with Gasteiger partial charge in [-0.3, -0.25) is 25.0 Å². The van der Waals surface area contributed by atoms with Crippen LogP contribution in [0.1, 0.15) is 25.7 Å². The Kier molecular flexibility index (Phi) is 7.77. The molecule has 2 saturated heterocycles. The van der Waals surface area contributed by atoms with Crippen molar-refractivity contribution in [2.75, 3.05) is 39.3 Å². The normalized spacial score (nSPS) is 16.0. The van der Waals surface area contributed by atoms with Gasteiger partial charge in [0.2, 0.25) is 0 Å². The number of H-pyrrole nitrogens is 2. The van der Waals surface area contributed by atoms with Crippen LogP contribution in [0.25, 0.3) is 55.7 Å². The second-order valence-corrected chi connectivity index (χ2v) is 12.0. The van der Waals surface area contributed by atoms with E-state index in [2.05, 4.69) is 40.3 Å². The smallest absolute Gasteiger partial charge is 0.138 e. The molecular formula is C35H35FN8O2. The van der Waals surface area contributed by atoms with Gasteiger partial charge in [0.1, 0.15) is 35.7 Å². The molecule has 11 heteroatoms. The molecule has 0 unspecified atom stereocenters. The molecule has 0 spiro atoms. The minimum absolute atomic E-state index is 0.182. The minimum Gasteiger partial charge on any atom is -0.492 e. The lowest BCUT2D eigenvalue weighted by Crippen LogP contribution is -2.34. The standard InChI is InChI=1S/C35H35FN8O2/c36-24-13-22(14-26(16-24)45-12-11-44-9-1-2-10-44)34-28-18-32(41-30(28)5-8-39-34)35-29-17-31(40-21-33(29)42-43-35)23-15-27(20-38-19-23)46-25-3-6-37-7-4-25/h5,8,13-21,25,37,41H,1-4,6-7,9-12H2,(H,42,43). The number of nitrogens with zero attached hydrogens (tertiary/aromatic N) is 5. The summed E-state index contributed by atoms with van der Waals surface area (Å²) in [4.78, 5) is 19.6. The fraction of sp³-hybridized carbons (Fsp3) is 0.314. The lowest BCUT2D eigenvalue weighted by atomic mass is 10.1. The number of rotatable bonds is 9. The van der Waals surface area contributed by atoms with E-state index in [1.54, 1.807) is 24.8 Å². The zero-order valence-corrected chi connectivity index (χ0v) is 25.4. The topological polar surface area (TPSA) is 117 Å². The first-order valence-corrected chi connectivity index (χ1v) is 16.0. The van der Waals surface area contributed by atoms with E-state index in [1.165, 1.54) is 25.0 Å². The molecule has 0 amide bonds. The van der Waals surface area contributed by atoms with E-state index in [9.17, 15) is 4.39 Å². The fourth-order valence-electron chi connectivity index (χ4n) is 6.50. The van der Waals surface area contributed by atoms with Gasteiger partial charge in [0.15, 0.2) is 0 Å². The van der Waals surface area contributed by atoms with Crippen molar-refractivity contribution < 1.29 is 13.9 Å². The van der Waals surface area contributed by atoms with Gasteiger partial charge in [0, 0.05) is 52.4 Å². The van der Waals surface area contributed by atoms with Gasteiger partial charge in [-0.25, -0.2) is 4.39 Å². The number of ether oxygens (including phenoxy) is 2. The van der Waals surface area contributed by atoms with Gasteiger partial charge in [-0.05, 0) is 88.3 Å². The summed E-state index contributed by atoms with van der Waals surface area (Å²) < 4.78 is 27.0. The molecule has 0 radical (unpaired) electrons. The van der Waals surface area contributed by atoms with E-state index in [1.807, 2.05) is 30.3 Å². The Hall–Kier alpha value is -4.87. The Morgan fingerprint density at radius 1 is 0.848 bits per heavy atom. The number of hydrogen-bond donors (Lipinski definition) is 3. The van der Waals surface area contributed by atoms with Crippen LogP contribution in [0.2, 0.25) is 0 Å². The molecule has 2 aliphatic rings. The summed E-state index contributed by atoms with van der Waals surface area (Å²) in [6, 6.07) is 12.7. The third kappa shape index (κ3) is 5.91. The van der Waals surface area contributed by atoms with Gasteiger partial charge in [0.25, 0.3) is 0 Å². The molecule has 0 aliphatic carbocycles. The van der Waals surface area contributed by atoms with E-state index in [0.717, 1.165) is 95.8 Å². The third-order valence-electron chi connectivity index (χ3n) is 8.87.